The van der Waals surface area contributed by atoms with Crippen molar-refractivity contribution in [2.45, 2.75) is 12.5 Å². The third-order valence-electron chi connectivity index (χ3n) is 2.49. The van der Waals surface area contributed by atoms with Gasteiger partial charge in [-0.2, -0.15) is 0 Å². The van der Waals surface area contributed by atoms with Gasteiger partial charge in [0.15, 0.2) is 17.6 Å². The van der Waals surface area contributed by atoms with Crippen molar-refractivity contribution in [3.8, 4) is 11.5 Å². The Bertz CT molecular complexity index is 373. The third kappa shape index (κ3) is 2.19. The molecule has 0 amide bonds. The molecule has 1 aliphatic rings. The quantitative estimate of drug-likeness (QED) is 0.728. The lowest BCUT2D eigenvalue weighted by atomic mass is 10.1. The van der Waals surface area contributed by atoms with E-state index in [1.165, 1.54) is 0 Å². The molecule has 2 rings (SSSR count). The number of ether oxygens (including phenoxy) is 3. The molecule has 0 fully saturated rings. The highest BCUT2D eigenvalue weighted by Gasteiger charge is 2.22. The van der Waals surface area contributed by atoms with Crippen molar-refractivity contribution in [3.63, 3.8) is 0 Å². The summed E-state index contributed by atoms with van der Waals surface area (Å²) in [4.78, 5) is 0. The second kappa shape index (κ2) is 5.03. The van der Waals surface area contributed by atoms with Crippen LogP contribution in [0.5, 0.6) is 11.5 Å². The molecular formula is C13H16O3. The molecule has 0 saturated heterocycles. The molecule has 0 radical (unpaired) electrons. The van der Waals surface area contributed by atoms with E-state index in [0.29, 0.717) is 13.2 Å². The van der Waals surface area contributed by atoms with Crippen molar-refractivity contribution in [1.82, 2.24) is 0 Å². The SMILES string of the molecule is C=CCc1cccc2c1OC(COC)CO2. The Morgan fingerprint density at radius 3 is 3.19 bits per heavy atom. The van der Waals surface area contributed by atoms with Crippen LogP contribution in [0.25, 0.3) is 0 Å². The summed E-state index contributed by atoms with van der Waals surface area (Å²) in [5.74, 6) is 1.64. The highest BCUT2D eigenvalue weighted by Crippen LogP contribution is 2.35. The van der Waals surface area contributed by atoms with Crippen LogP contribution in [0.1, 0.15) is 5.56 Å². The predicted molar refractivity (Wildman–Crippen MR) is 62.1 cm³/mol. The Morgan fingerprint density at radius 2 is 2.44 bits per heavy atom. The minimum Gasteiger partial charge on any atom is -0.486 e. The van der Waals surface area contributed by atoms with Crippen molar-refractivity contribution < 1.29 is 14.2 Å². The summed E-state index contributed by atoms with van der Waals surface area (Å²) < 4.78 is 16.6. The zero-order valence-corrected chi connectivity index (χ0v) is 9.44. The highest BCUT2D eigenvalue weighted by atomic mass is 16.6. The molecule has 3 nitrogen and oxygen atoms in total. The van der Waals surface area contributed by atoms with Crippen LogP contribution in [0.15, 0.2) is 30.9 Å². The minimum absolute atomic E-state index is 0.0246. The number of rotatable bonds is 4. The lowest BCUT2D eigenvalue weighted by Crippen LogP contribution is -2.33. The van der Waals surface area contributed by atoms with Crippen molar-refractivity contribution in [2.24, 2.45) is 0 Å². The Kier molecular flexibility index (Phi) is 3.47. The first-order valence-corrected chi connectivity index (χ1v) is 5.36. The van der Waals surface area contributed by atoms with Gasteiger partial charge in [-0.25, -0.2) is 0 Å². The van der Waals surface area contributed by atoms with E-state index in [1.807, 2.05) is 24.3 Å². The first-order chi connectivity index (χ1) is 7.85. The fraction of sp³-hybridized carbons (Fsp3) is 0.385. The molecule has 1 aromatic carbocycles. The smallest absolute Gasteiger partial charge is 0.165 e. The van der Waals surface area contributed by atoms with E-state index in [9.17, 15) is 0 Å². The first-order valence-electron chi connectivity index (χ1n) is 5.36. The summed E-state index contributed by atoms with van der Waals surface area (Å²) in [5, 5.41) is 0. The molecular weight excluding hydrogens is 204 g/mol. The van der Waals surface area contributed by atoms with Gasteiger partial charge in [-0.3, -0.25) is 0 Å². The standard InChI is InChI=1S/C13H16O3/c1-3-5-10-6-4-7-12-13(10)16-11(8-14-2)9-15-12/h3-4,6-7,11H,1,5,8-9H2,2H3. The number of benzene rings is 1. The lowest BCUT2D eigenvalue weighted by molar-refractivity contribution is 0.0265. The molecule has 3 heteroatoms. The molecule has 1 aromatic rings. The maximum Gasteiger partial charge on any atom is 0.165 e. The highest BCUT2D eigenvalue weighted by molar-refractivity contribution is 5.48. The second-order valence-corrected chi connectivity index (χ2v) is 3.74. The van der Waals surface area contributed by atoms with E-state index in [1.54, 1.807) is 7.11 Å². The van der Waals surface area contributed by atoms with Crippen molar-refractivity contribution >= 4 is 0 Å². The van der Waals surface area contributed by atoms with Crippen LogP contribution < -0.4 is 9.47 Å². The predicted octanol–water partition coefficient (Wildman–Crippen LogP) is 2.20. The van der Waals surface area contributed by atoms with E-state index in [4.69, 9.17) is 14.2 Å². The van der Waals surface area contributed by atoms with Crippen LogP contribution in [0, 0.1) is 0 Å². The van der Waals surface area contributed by atoms with Gasteiger partial charge in [-0.1, -0.05) is 18.2 Å². The number of hydrogen-bond donors (Lipinski definition) is 0. The summed E-state index contributed by atoms with van der Waals surface area (Å²) in [7, 11) is 1.66. The normalized spacial score (nSPS) is 18.2. The summed E-state index contributed by atoms with van der Waals surface area (Å²) in [6, 6.07) is 5.92. The van der Waals surface area contributed by atoms with Crippen LogP contribution in [-0.4, -0.2) is 26.4 Å². The second-order valence-electron chi connectivity index (χ2n) is 3.74. The van der Waals surface area contributed by atoms with Crippen LogP contribution in [0.3, 0.4) is 0 Å². The Labute approximate surface area is 95.6 Å². The minimum atomic E-state index is -0.0246. The van der Waals surface area contributed by atoms with Gasteiger partial charge >= 0.3 is 0 Å². The summed E-state index contributed by atoms with van der Waals surface area (Å²) in [6.45, 7) is 4.82. The maximum atomic E-state index is 5.86. The number of allylic oxidation sites excluding steroid dienone is 1. The topological polar surface area (TPSA) is 27.7 Å². The van der Waals surface area contributed by atoms with E-state index >= 15 is 0 Å². The Balaban J connectivity index is 2.23. The molecule has 1 heterocycles. The first kappa shape index (κ1) is 11.0. The van der Waals surface area contributed by atoms with Crippen LogP contribution in [-0.2, 0) is 11.2 Å². The van der Waals surface area contributed by atoms with E-state index < -0.39 is 0 Å². The zero-order chi connectivity index (χ0) is 11.4. The fourth-order valence-corrected chi connectivity index (χ4v) is 1.78. The molecule has 16 heavy (non-hydrogen) atoms. The van der Waals surface area contributed by atoms with Crippen LogP contribution in [0.4, 0.5) is 0 Å². The molecule has 0 aromatic heterocycles. The van der Waals surface area contributed by atoms with Gasteiger partial charge in [0, 0.05) is 12.7 Å². The number of hydrogen-bond acceptors (Lipinski definition) is 3. The van der Waals surface area contributed by atoms with E-state index in [2.05, 4.69) is 6.58 Å². The number of fused-ring (bicyclic) bond motifs is 1. The fourth-order valence-electron chi connectivity index (χ4n) is 1.78. The van der Waals surface area contributed by atoms with Crippen molar-refractivity contribution in [2.75, 3.05) is 20.3 Å². The molecule has 0 saturated carbocycles. The van der Waals surface area contributed by atoms with Gasteiger partial charge in [0.25, 0.3) is 0 Å². The summed E-state index contributed by atoms with van der Waals surface area (Å²) >= 11 is 0. The van der Waals surface area contributed by atoms with Gasteiger partial charge in [-0.05, 0) is 12.5 Å². The third-order valence-corrected chi connectivity index (χ3v) is 2.49. The van der Waals surface area contributed by atoms with Gasteiger partial charge in [0.2, 0.25) is 0 Å². The zero-order valence-electron chi connectivity index (χ0n) is 9.44. The molecule has 0 bridgehead atoms. The molecule has 0 spiro atoms. The van der Waals surface area contributed by atoms with Gasteiger partial charge in [-0.15, -0.1) is 6.58 Å². The molecule has 86 valence electrons. The van der Waals surface area contributed by atoms with Gasteiger partial charge in [0.1, 0.15) is 6.61 Å². The van der Waals surface area contributed by atoms with E-state index in [-0.39, 0.29) is 6.10 Å². The lowest BCUT2D eigenvalue weighted by Gasteiger charge is -2.27. The van der Waals surface area contributed by atoms with E-state index in [0.717, 1.165) is 23.5 Å². The monoisotopic (exact) mass is 220 g/mol. The van der Waals surface area contributed by atoms with Crippen LogP contribution in [0.2, 0.25) is 0 Å². The summed E-state index contributed by atoms with van der Waals surface area (Å²) in [6.07, 6.45) is 2.62. The molecule has 0 aliphatic carbocycles. The molecule has 0 N–H and O–H groups in total. The number of para-hydroxylation sites is 1. The maximum absolute atomic E-state index is 5.86. The van der Waals surface area contributed by atoms with Gasteiger partial charge < -0.3 is 14.2 Å². The largest absolute Gasteiger partial charge is 0.486 e. The average molecular weight is 220 g/mol. The Morgan fingerprint density at radius 1 is 1.56 bits per heavy atom. The number of methoxy groups -OCH3 is 1. The Hall–Kier alpha value is -1.48. The molecule has 1 atom stereocenters. The summed E-state index contributed by atoms with van der Waals surface area (Å²) in [5.41, 5.74) is 1.10. The van der Waals surface area contributed by atoms with Crippen molar-refractivity contribution in [1.29, 1.82) is 0 Å². The molecule has 1 unspecified atom stereocenters. The van der Waals surface area contributed by atoms with Crippen LogP contribution >= 0.6 is 0 Å². The van der Waals surface area contributed by atoms with Crippen molar-refractivity contribution in [3.05, 3.63) is 36.4 Å². The van der Waals surface area contributed by atoms with Gasteiger partial charge in [0.05, 0.1) is 6.61 Å². The molecule has 1 aliphatic heterocycles. The average Bonchev–Trinajstić information content (AvgIpc) is 2.31.